The molecule has 0 atom stereocenters. The molecule has 1 aliphatic heterocycles. The Morgan fingerprint density at radius 3 is 2.36 bits per heavy atom. The van der Waals surface area contributed by atoms with E-state index in [1.165, 1.54) is 18.4 Å². The zero-order valence-corrected chi connectivity index (χ0v) is 8.79. The summed E-state index contributed by atoms with van der Waals surface area (Å²) in [4.78, 5) is 0. The van der Waals surface area contributed by atoms with E-state index in [4.69, 9.17) is 0 Å². The van der Waals surface area contributed by atoms with Crippen LogP contribution in [0.4, 0.5) is 0 Å². The third-order valence-electron chi connectivity index (χ3n) is 3.40. The fourth-order valence-electron chi connectivity index (χ4n) is 2.39. The fraction of sp³-hybridized carbons (Fsp3) is 0.462. The molecule has 0 amide bonds. The van der Waals surface area contributed by atoms with Gasteiger partial charge in [0.25, 0.3) is 0 Å². The maximum Gasteiger partial charge on any atom is 0.000556 e. The summed E-state index contributed by atoms with van der Waals surface area (Å²) in [5, 5.41) is 3.42. The minimum atomic E-state index is 0.326. The molecule has 75 valence electrons. The zero-order valence-electron chi connectivity index (χ0n) is 8.79. The number of benzene rings is 1. The molecule has 2 rings (SSSR count). The van der Waals surface area contributed by atoms with Crippen molar-refractivity contribution in [2.45, 2.75) is 25.2 Å². The molecular weight excluding hydrogens is 170 g/mol. The van der Waals surface area contributed by atoms with Crippen LogP contribution in [0.5, 0.6) is 0 Å². The summed E-state index contributed by atoms with van der Waals surface area (Å²) in [5.74, 6) is 0. The minimum absolute atomic E-state index is 0.326. The Kier molecular flexibility index (Phi) is 2.87. The van der Waals surface area contributed by atoms with Gasteiger partial charge in [-0.15, -0.1) is 0 Å². The molecule has 1 radical (unpaired) electrons. The van der Waals surface area contributed by atoms with E-state index in [0.29, 0.717) is 5.41 Å². The monoisotopic (exact) mass is 188 g/mol. The first-order valence-electron chi connectivity index (χ1n) is 5.44. The molecule has 1 aromatic carbocycles. The number of hydrogen-bond donors (Lipinski definition) is 1. The lowest BCUT2D eigenvalue weighted by atomic mass is 9.71. The predicted octanol–water partition coefficient (Wildman–Crippen LogP) is 2.53. The molecule has 1 saturated heterocycles. The summed E-state index contributed by atoms with van der Waals surface area (Å²) in [5.41, 5.74) is 1.80. The van der Waals surface area contributed by atoms with Crippen LogP contribution in [0.15, 0.2) is 30.3 Å². The molecule has 0 aromatic heterocycles. The lowest BCUT2D eigenvalue weighted by Gasteiger charge is -2.37. The van der Waals surface area contributed by atoms with Crippen LogP contribution in [0.2, 0.25) is 0 Å². The van der Waals surface area contributed by atoms with Crippen LogP contribution in [0, 0.1) is 6.42 Å². The van der Waals surface area contributed by atoms with Gasteiger partial charge in [-0.2, -0.15) is 0 Å². The van der Waals surface area contributed by atoms with Gasteiger partial charge < -0.3 is 5.32 Å². The molecule has 0 unspecified atom stereocenters. The summed E-state index contributed by atoms with van der Waals surface area (Å²) >= 11 is 0. The molecule has 1 aliphatic rings. The van der Waals surface area contributed by atoms with E-state index in [-0.39, 0.29) is 0 Å². The van der Waals surface area contributed by atoms with Gasteiger partial charge in [0.1, 0.15) is 0 Å². The molecule has 14 heavy (non-hydrogen) atoms. The van der Waals surface area contributed by atoms with E-state index >= 15 is 0 Å². The van der Waals surface area contributed by atoms with Crippen LogP contribution < -0.4 is 5.32 Å². The Morgan fingerprint density at radius 2 is 1.79 bits per heavy atom. The Labute approximate surface area is 86.5 Å². The normalized spacial score (nSPS) is 20.6. The van der Waals surface area contributed by atoms with E-state index < -0.39 is 0 Å². The Morgan fingerprint density at radius 1 is 1.14 bits per heavy atom. The molecule has 1 aromatic rings. The first kappa shape index (κ1) is 9.72. The lowest BCUT2D eigenvalue weighted by molar-refractivity contribution is 0.351. The predicted molar refractivity (Wildman–Crippen MR) is 60.2 cm³/mol. The van der Waals surface area contributed by atoms with Gasteiger partial charge in [-0.3, -0.25) is 0 Å². The first-order valence-corrected chi connectivity index (χ1v) is 5.44. The largest absolute Gasteiger partial charge is 0.317 e. The molecule has 1 nitrogen and oxygen atoms in total. The summed E-state index contributed by atoms with van der Waals surface area (Å²) in [6, 6.07) is 10.9. The standard InChI is InChI=1S/C13H18N/c1-2-13(8-10-14-11-9-13)12-6-4-3-5-7-12/h2-7,14H,8-11H2,1H3. The van der Waals surface area contributed by atoms with Crippen LogP contribution in [0.25, 0.3) is 0 Å². The quantitative estimate of drug-likeness (QED) is 0.752. The molecule has 1 heterocycles. The van der Waals surface area contributed by atoms with Crippen molar-refractivity contribution >= 4 is 0 Å². The number of piperidine rings is 1. The SMILES string of the molecule is C[CH]C1(c2ccccc2)CCNCC1. The Balaban J connectivity index is 2.27. The third-order valence-corrected chi connectivity index (χ3v) is 3.40. The van der Waals surface area contributed by atoms with E-state index in [1.54, 1.807) is 0 Å². The van der Waals surface area contributed by atoms with Crippen molar-refractivity contribution in [2.24, 2.45) is 0 Å². The lowest BCUT2D eigenvalue weighted by Crippen LogP contribution is -2.39. The van der Waals surface area contributed by atoms with Gasteiger partial charge in [-0.25, -0.2) is 0 Å². The molecule has 1 heteroatoms. The molecule has 1 N–H and O–H groups in total. The smallest absolute Gasteiger partial charge is 0.000556 e. The van der Waals surface area contributed by atoms with Crippen LogP contribution in [0.1, 0.15) is 25.3 Å². The van der Waals surface area contributed by atoms with Crippen LogP contribution in [-0.2, 0) is 5.41 Å². The topological polar surface area (TPSA) is 12.0 Å². The number of hydrogen-bond acceptors (Lipinski definition) is 1. The maximum atomic E-state index is 3.42. The summed E-state index contributed by atoms with van der Waals surface area (Å²) in [6.45, 7) is 4.47. The third kappa shape index (κ3) is 1.69. The highest BCUT2D eigenvalue weighted by Gasteiger charge is 2.31. The Hall–Kier alpha value is -0.820. The highest BCUT2D eigenvalue weighted by Crippen LogP contribution is 2.35. The van der Waals surface area contributed by atoms with Crippen molar-refractivity contribution < 1.29 is 0 Å². The van der Waals surface area contributed by atoms with Crippen LogP contribution >= 0.6 is 0 Å². The molecular formula is C13H18N. The number of nitrogens with one attached hydrogen (secondary N) is 1. The van der Waals surface area contributed by atoms with Crippen molar-refractivity contribution in [3.8, 4) is 0 Å². The van der Waals surface area contributed by atoms with Gasteiger partial charge in [-0.05, 0) is 37.9 Å². The van der Waals surface area contributed by atoms with E-state index in [2.05, 4.69) is 49.0 Å². The van der Waals surface area contributed by atoms with Gasteiger partial charge in [0, 0.05) is 5.41 Å². The van der Waals surface area contributed by atoms with Crippen molar-refractivity contribution in [3.63, 3.8) is 0 Å². The van der Waals surface area contributed by atoms with Gasteiger partial charge in [-0.1, -0.05) is 37.3 Å². The molecule has 0 saturated carbocycles. The minimum Gasteiger partial charge on any atom is -0.317 e. The Bertz CT molecular complexity index is 273. The van der Waals surface area contributed by atoms with Crippen molar-refractivity contribution in [1.29, 1.82) is 0 Å². The van der Waals surface area contributed by atoms with E-state index in [0.717, 1.165) is 13.1 Å². The van der Waals surface area contributed by atoms with Crippen molar-refractivity contribution in [2.75, 3.05) is 13.1 Å². The average molecular weight is 188 g/mol. The zero-order chi connectivity index (χ0) is 9.86. The molecule has 0 aliphatic carbocycles. The summed E-state index contributed by atoms with van der Waals surface area (Å²) in [7, 11) is 0. The highest BCUT2D eigenvalue weighted by atomic mass is 14.9. The average Bonchev–Trinajstić information content (AvgIpc) is 2.31. The van der Waals surface area contributed by atoms with Crippen molar-refractivity contribution in [3.05, 3.63) is 42.3 Å². The summed E-state index contributed by atoms with van der Waals surface area (Å²) in [6.07, 6.45) is 4.84. The number of rotatable bonds is 2. The second-order valence-corrected chi connectivity index (χ2v) is 4.06. The summed E-state index contributed by atoms with van der Waals surface area (Å²) < 4.78 is 0. The van der Waals surface area contributed by atoms with E-state index in [1.807, 2.05) is 0 Å². The van der Waals surface area contributed by atoms with Gasteiger partial charge in [0.15, 0.2) is 0 Å². The van der Waals surface area contributed by atoms with E-state index in [9.17, 15) is 0 Å². The van der Waals surface area contributed by atoms with Crippen LogP contribution in [-0.4, -0.2) is 13.1 Å². The first-order chi connectivity index (χ1) is 6.87. The molecule has 1 fully saturated rings. The van der Waals surface area contributed by atoms with Gasteiger partial charge in [0.2, 0.25) is 0 Å². The molecule has 0 bridgehead atoms. The van der Waals surface area contributed by atoms with Gasteiger partial charge in [0.05, 0.1) is 0 Å². The van der Waals surface area contributed by atoms with Crippen molar-refractivity contribution in [1.82, 2.24) is 5.32 Å². The highest BCUT2D eigenvalue weighted by molar-refractivity contribution is 5.29. The second-order valence-electron chi connectivity index (χ2n) is 4.06. The second kappa shape index (κ2) is 4.14. The maximum absolute atomic E-state index is 3.42. The van der Waals surface area contributed by atoms with Crippen LogP contribution in [0.3, 0.4) is 0 Å². The fourth-order valence-corrected chi connectivity index (χ4v) is 2.39. The van der Waals surface area contributed by atoms with Gasteiger partial charge >= 0.3 is 0 Å². The molecule has 0 spiro atoms.